The van der Waals surface area contributed by atoms with E-state index in [0.717, 1.165) is 49.6 Å². The van der Waals surface area contributed by atoms with Gasteiger partial charge in [0.2, 0.25) is 0 Å². The summed E-state index contributed by atoms with van der Waals surface area (Å²) in [6.45, 7) is 5.61. The second-order valence-electron chi connectivity index (χ2n) is 6.74. The molecule has 0 radical (unpaired) electrons. The van der Waals surface area contributed by atoms with Crippen molar-refractivity contribution < 1.29 is 4.74 Å². The summed E-state index contributed by atoms with van der Waals surface area (Å²) in [6.07, 6.45) is 4.04. The fourth-order valence-corrected chi connectivity index (χ4v) is 5.33. The van der Waals surface area contributed by atoms with E-state index in [2.05, 4.69) is 15.1 Å². The topological polar surface area (TPSA) is 51.1 Å². The maximum absolute atomic E-state index is 5.26. The molecule has 27 heavy (non-hydrogen) atoms. The third-order valence-corrected chi connectivity index (χ3v) is 6.76. The minimum Gasteiger partial charge on any atom is -0.497 e. The van der Waals surface area contributed by atoms with E-state index in [1.54, 1.807) is 30.2 Å². The Hall–Kier alpha value is -1.70. The second kappa shape index (κ2) is 8.54. The molecule has 5 nitrogen and oxygen atoms in total. The number of likely N-dealkylation sites (tertiary alicyclic amines) is 1. The number of thioether (sulfide) groups is 1. The maximum Gasteiger partial charge on any atom is 0.146 e. The summed E-state index contributed by atoms with van der Waals surface area (Å²) in [5.74, 6) is 1.87. The third-order valence-electron chi connectivity index (χ3n) is 4.85. The molecule has 2 aromatic heterocycles. The van der Waals surface area contributed by atoms with E-state index in [1.807, 2.05) is 31.2 Å². The molecule has 1 aliphatic rings. The van der Waals surface area contributed by atoms with Gasteiger partial charge in [-0.05, 0) is 57.1 Å². The molecule has 1 fully saturated rings. The number of ether oxygens (including phenoxy) is 1. The third kappa shape index (κ3) is 4.25. The monoisotopic (exact) mass is 400 g/mol. The Morgan fingerprint density at radius 2 is 1.89 bits per heavy atom. The highest BCUT2D eigenvalue weighted by atomic mass is 32.2. The van der Waals surface area contributed by atoms with Crippen LogP contribution in [0.25, 0.3) is 21.5 Å². The number of aryl methyl sites for hydroxylation is 1. The number of fused-ring (bicyclic) bond motifs is 1. The van der Waals surface area contributed by atoms with Crippen LogP contribution in [0.15, 0.2) is 29.3 Å². The van der Waals surface area contributed by atoms with Gasteiger partial charge in [0.25, 0.3) is 0 Å². The highest BCUT2D eigenvalue weighted by Gasteiger charge is 2.17. The van der Waals surface area contributed by atoms with Gasteiger partial charge in [0, 0.05) is 17.9 Å². The number of rotatable bonds is 6. The molecule has 7 heteroatoms. The zero-order valence-corrected chi connectivity index (χ0v) is 17.4. The first kappa shape index (κ1) is 18.7. The van der Waals surface area contributed by atoms with Gasteiger partial charge >= 0.3 is 0 Å². The molecule has 1 saturated heterocycles. The molecule has 0 amide bonds. The van der Waals surface area contributed by atoms with E-state index in [-0.39, 0.29) is 0 Å². The average molecular weight is 401 g/mol. The van der Waals surface area contributed by atoms with E-state index in [1.165, 1.54) is 32.4 Å². The van der Waals surface area contributed by atoms with Crippen LogP contribution in [0.4, 0.5) is 0 Å². The molecule has 0 bridgehead atoms. The van der Waals surface area contributed by atoms with Gasteiger partial charge in [-0.2, -0.15) is 0 Å². The van der Waals surface area contributed by atoms with Crippen LogP contribution in [0.2, 0.25) is 0 Å². The van der Waals surface area contributed by atoms with E-state index < -0.39 is 0 Å². The van der Waals surface area contributed by atoms with Crippen LogP contribution in [0, 0.1) is 6.92 Å². The Balaban J connectivity index is 1.56. The quantitative estimate of drug-likeness (QED) is 0.562. The summed E-state index contributed by atoms with van der Waals surface area (Å²) in [5, 5.41) is 11.1. The molecule has 3 heterocycles. The molecule has 1 aromatic carbocycles. The minimum absolute atomic E-state index is 0.841. The molecule has 0 saturated carbocycles. The number of piperidine rings is 1. The number of hydrogen-bond acceptors (Lipinski definition) is 7. The standard InChI is InChI=1S/C20H24N4OS2/c1-14-21-18-19(27-14)17(15-6-8-16(25-2)9-7-15)22-23-20(18)26-13-12-24-10-4-3-5-11-24/h6-9H,3-5,10-13H2,1-2H3. The van der Waals surface area contributed by atoms with Gasteiger partial charge in [-0.3, -0.25) is 0 Å². The molecular weight excluding hydrogens is 376 g/mol. The summed E-state index contributed by atoms with van der Waals surface area (Å²) in [4.78, 5) is 7.31. The Bertz CT molecular complexity index is 904. The molecule has 0 N–H and O–H groups in total. The van der Waals surface area contributed by atoms with Crippen molar-refractivity contribution in [2.24, 2.45) is 0 Å². The van der Waals surface area contributed by atoms with Gasteiger partial charge in [-0.15, -0.1) is 33.3 Å². The minimum atomic E-state index is 0.841. The molecule has 1 aliphatic heterocycles. The maximum atomic E-state index is 5.26. The van der Waals surface area contributed by atoms with Gasteiger partial charge in [0.05, 0.1) is 16.8 Å². The number of methoxy groups -OCH3 is 1. The van der Waals surface area contributed by atoms with Crippen molar-refractivity contribution in [1.82, 2.24) is 20.1 Å². The summed E-state index contributed by atoms with van der Waals surface area (Å²) >= 11 is 3.47. The van der Waals surface area contributed by atoms with Crippen molar-refractivity contribution in [2.45, 2.75) is 31.2 Å². The summed E-state index contributed by atoms with van der Waals surface area (Å²) in [5.41, 5.74) is 2.93. The number of hydrogen-bond donors (Lipinski definition) is 0. The lowest BCUT2D eigenvalue weighted by Gasteiger charge is -2.25. The van der Waals surface area contributed by atoms with Gasteiger partial charge in [0.1, 0.15) is 22.0 Å². The Morgan fingerprint density at radius 1 is 1.11 bits per heavy atom. The number of thiazole rings is 1. The lowest BCUT2D eigenvalue weighted by Crippen LogP contribution is -2.31. The first-order valence-electron chi connectivity index (χ1n) is 9.38. The van der Waals surface area contributed by atoms with Gasteiger partial charge < -0.3 is 9.64 Å². The molecule has 3 aromatic rings. The van der Waals surface area contributed by atoms with Crippen LogP contribution in [0.1, 0.15) is 24.3 Å². The normalized spacial score (nSPS) is 15.3. The highest BCUT2D eigenvalue weighted by Crippen LogP contribution is 2.35. The number of nitrogens with zero attached hydrogens (tertiary/aromatic N) is 4. The fourth-order valence-electron chi connectivity index (χ4n) is 3.41. The van der Waals surface area contributed by atoms with Crippen molar-refractivity contribution in [2.75, 3.05) is 32.5 Å². The van der Waals surface area contributed by atoms with Crippen LogP contribution in [-0.2, 0) is 0 Å². The lowest BCUT2D eigenvalue weighted by atomic mass is 10.1. The first-order chi connectivity index (χ1) is 13.2. The summed E-state index contributed by atoms with van der Waals surface area (Å²) < 4.78 is 6.38. The lowest BCUT2D eigenvalue weighted by molar-refractivity contribution is 0.242. The van der Waals surface area contributed by atoms with Crippen LogP contribution in [-0.4, -0.2) is 52.6 Å². The first-order valence-corrected chi connectivity index (χ1v) is 11.2. The summed E-state index contributed by atoms with van der Waals surface area (Å²) in [7, 11) is 1.68. The van der Waals surface area contributed by atoms with E-state index in [0.29, 0.717) is 0 Å². The Morgan fingerprint density at radius 3 is 2.63 bits per heavy atom. The zero-order chi connectivity index (χ0) is 18.6. The molecule has 142 valence electrons. The van der Waals surface area contributed by atoms with Crippen molar-refractivity contribution in [3.05, 3.63) is 29.3 Å². The fraction of sp³-hybridized carbons (Fsp3) is 0.450. The van der Waals surface area contributed by atoms with Crippen molar-refractivity contribution in [3.63, 3.8) is 0 Å². The van der Waals surface area contributed by atoms with Crippen LogP contribution < -0.4 is 4.74 Å². The Labute approximate surface area is 168 Å². The zero-order valence-electron chi connectivity index (χ0n) is 15.8. The van der Waals surface area contributed by atoms with Crippen LogP contribution in [0.3, 0.4) is 0 Å². The SMILES string of the molecule is COc1ccc(-c2nnc(SCCN3CCCCC3)c3nc(C)sc23)cc1. The van der Waals surface area contributed by atoms with Crippen LogP contribution >= 0.6 is 23.1 Å². The van der Waals surface area contributed by atoms with Gasteiger partial charge in [0.15, 0.2) is 0 Å². The highest BCUT2D eigenvalue weighted by molar-refractivity contribution is 7.99. The molecular formula is C20H24N4OS2. The van der Waals surface area contributed by atoms with Gasteiger partial charge in [-0.25, -0.2) is 4.98 Å². The largest absolute Gasteiger partial charge is 0.497 e. The molecule has 0 atom stereocenters. The number of benzene rings is 1. The van der Waals surface area contributed by atoms with Crippen LogP contribution in [0.5, 0.6) is 5.75 Å². The van der Waals surface area contributed by atoms with Crippen molar-refractivity contribution >= 4 is 33.3 Å². The van der Waals surface area contributed by atoms with E-state index in [4.69, 9.17) is 9.72 Å². The van der Waals surface area contributed by atoms with Crippen molar-refractivity contribution in [1.29, 1.82) is 0 Å². The average Bonchev–Trinajstić information content (AvgIpc) is 3.11. The number of aromatic nitrogens is 3. The van der Waals surface area contributed by atoms with Gasteiger partial charge in [-0.1, -0.05) is 6.42 Å². The predicted octanol–water partition coefficient (Wildman–Crippen LogP) is 4.65. The second-order valence-corrected chi connectivity index (χ2v) is 9.03. The van der Waals surface area contributed by atoms with E-state index >= 15 is 0 Å². The summed E-state index contributed by atoms with van der Waals surface area (Å²) in [6, 6.07) is 7.97. The Kier molecular flexibility index (Phi) is 5.90. The van der Waals surface area contributed by atoms with E-state index in [9.17, 15) is 0 Å². The molecule has 0 unspecified atom stereocenters. The molecule has 0 spiro atoms. The molecule has 0 aliphatic carbocycles. The molecule has 4 rings (SSSR count). The van der Waals surface area contributed by atoms with Crippen molar-refractivity contribution in [3.8, 4) is 17.0 Å². The smallest absolute Gasteiger partial charge is 0.146 e. The predicted molar refractivity (Wildman–Crippen MR) is 113 cm³/mol.